The fourth-order valence-corrected chi connectivity index (χ4v) is 4.06. The standard InChI is InChI=1S/C23H27FN2O3/c24-19-8-2-1-6-17(19)15-29-18-7-3-5-16(13-18)14-25-20-10-11-22(27)26-23(20)21-9-4-12-28-21/h1-3,5-8,13,20-21,23,25H,4,9-12,14-15H2,(H,26,27). The van der Waals surface area contributed by atoms with Crippen LogP contribution >= 0.6 is 0 Å². The van der Waals surface area contributed by atoms with Gasteiger partial charge in [0.25, 0.3) is 0 Å². The number of nitrogens with one attached hydrogen (secondary N) is 2. The molecule has 3 atom stereocenters. The summed E-state index contributed by atoms with van der Waals surface area (Å²) in [4.78, 5) is 11.9. The highest BCUT2D eigenvalue weighted by atomic mass is 19.1. The summed E-state index contributed by atoms with van der Waals surface area (Å²) >= 11 is 0. The zero-order chi connectivity index (χ0) is 20.1. The van der Waals surface area contributed by atoms with Crippen LogP contribution in [0, 0.1) is 5.82 Å². The van der Waals surface area contributed by atoms with Crippen molar-refractivity contribution in [3.05, 3.63) is 65.5 Å². The van der Waals surface area contributed by atoms with Crippen molar-refractivity contribution in [3.63, 3.8) is 0 Å². The van der Waals surface area contributed by atoms with Gasteiger partial charge in [0.15, 0.2) is 0 Å². The quantitative estimate of drug-likeness (QED) is 0.751. The first-order valence-electron chi connectivity index (χ1n) is 10.3. The Kier molecular flexibility index (Phi) is 6.42. The molecule has 0 saturated carbocycles. The van der Waals surface area contributed by atoms with E-state index >= 15 is 0 Å². The molecule has 2 saturated heterocycles. The lowest BCUT2D eigenvalue weighted by Crippen LogP contribution is -2.58. The third-order valence-corrected chi connectivity index (χ3v) is 5.63. The van der Waals surface area contributed by atoms with Crippen molar-refractivity contribution in [2.75, 3.05) is 6.61 Å². The fourth-order valence-electron chi connectivity index (χ4n) is 4.06. The van der Waals surface area contributed by atoms with E-state index < -0.39 is 0 Å². The Labute approximate surface area is 170 Å². The van der Waals surface area contributed by atoms with Gasteiger partial charge in [0.1, 0.15) is 18.2 Å². The van der Waals surface area contributed by atoms with E-state index in [0.29, 0.717) is 24.3 Å². The van der Waals surface area contributed by atoms with Gasteiger partial charge in [-0.1, -0.05) is 30.3 Å². The predicted octanol–water partition coefficient (Wildman–Crippen LogP) is 3.32. The van der Waals surface area contributed by atoms with Gasteiger partial charge in [0, 0.05) is 31.2 Å². The summed E-state index contributed by atoms with van der Waals surface area (Å²) < 4.78 is 25.4. The molecule has 0 spiro atoms. The summed E-state index contributed by atoms with van der Waals surface area (Å²) in [7, 11) is 0. The van der Waals surface area contributed by atoms with Crippen molar-refractivity contribution in [1.29, 1.82) is 0 Å². The molecule has 2 aliphatic heterocycles. The van der Waals surface area contributed by atoms with Gasteiger partial charge >= 0.3 is 0 Å². The molecule has 0 aromatic heterocycles. The van der Waals surface area contributed by atoms with Gasteiger partial charge in [0.2, 0.25) is 5.91 Å². The normalized spacial score (nSPS) is 24.3. The first-order valence-corrected chi connectivity index (χ1v) is 10.3. The number of ether oxygens (including phenoxy) is 2. The molecular weight excluding hydrogens is 371 g/mol. The molecule has 0 radical (unpaired) electrons. The van der Waals surface area contributed by atoms with E-state index in [1.807, 2.05) is 24.3 Å². The van der Waals surface area contributed by atoms with Crippen LogP contribution in [0.2, 0.25) is 0 Å². The zero-order valence-electron chi connectivity index (χ0n) is 16.4. The van der Waals surface area contributed by atoms with Crippen molar-refractivity contribution in [2.45, 2.75) is 57.0 Å². The second kappa shape index (κ2) is 9.37. The number of carbonyl (C=O) groups is 1. The molecule has 0 aliphatic carbocycles. The van der Waals surface area contributed by atoms with E-state index in [2.05, 4.69) is 10.6 Å². The highest BCUT2D eigenvalue weighted by Crippen LogP contribution is 2.23. The van der Waals surface area contributed by atoms with Gasteiger partial charge in [-0.15, -0.1) is 0 Å². The van der Waals surface area contributed by atoms with Crippen LogP contribution in [-0.4, -0.2) is 30.7 Å². The van der Waals surface area contributed by atoms with Crippen LogP contribution in [-0.2, 0) is 22.7 Å². The average molecular weight is 398 g/mol. The molecule has 0 bridgehead atoms. The number of carbonyl (C=O) groups excluding carboxylic acids is 1. The minimum Gasteiger partial charge on any atom is -0.489 e. The second-order valence-electron chi connectivity index (χ2n) is 7.70. The molecule has 2 aromatic rings. The van der Waals surface area contributed by atoms with Crippen molar-refractivity contribution in [2.24, 2.45) is 0 Å². The van der Waals surface area contributed by atoms with Gasteiger partial charge in [-0.25, -0.2) is 4.39 Å². The van der Waals surface area contributed by atoms with Crippen molar-refractivity contribution >= 4 is 5.91 Å². The van der Waals surface area contributed by atoms with Crippen molar-refractivity contribution in [1.82, 2.24) is 10.6 Å². The van der Waals surface area contributed by atoms with E-state index in [9.17, 15) is 9.18 Å². The minimum absolute atomic E-state index is 0.0132. The maximum absolute atomic E-state index is 13.8. The molecule has 6 heteroatoms. The monoisotopic (exact) mass is 398 g/mol. The molecule has 2 aromatic carbocycles. The Morgan fingerprint density at radius 2 is 2.07 bits per heavy atom. The predicted molar refractivity (Wildman–Crippen MR) is 108 cm³/mol. The SMILES string of the molecule is O=C1CCC(NCc2cccc(OCc3ccccc3F)c2)C(C2CCCO2)N1. The number of halogens is 1. The molecule has 2 N–H and O–H groups in total. The van der Waals surface area contributed by atoms with Gasteiger partial charge in [-0.3, -0.25) is 4.79 Å². The Hall–Kier alpha value is -2.44. The number of hydrogen-bond acceptors (Lipinski definition) is 4. The van der Waals surface area contributed by atoms with Crippen LogP contribution in [0.5, 0.6) is 5.75 Å². The Balaban J connectivity index is 1.35. The summed E-state index contributed by atoms with van der Waals surface area (Å²) in [5.74, 6) is 0.553. The summed E-state index contributed by atoms with van der Waals surface area (Å²) in [5.41, 5.74) is 1.62. The van der Waals surface area contributed by atoms with E-state index in [4.69, 9.17) is 9.47 Å². The summed E-state index contributed by atoms with van der Waals surface area (Å²) in [5, 5.41) is 6.70. The van der Waals surface area contributed by atoms with Crippen molar-refractivity contribution < 1.29 is 18.7 Å². The highest BCUT2D eigenvalue weighted by molar-refractivity contribution is 5.77. The molecule has 154 valence electrons. The number of benzene rings is 2. The average Bonchev–Trinajstić information content (AvgIpc) is 3.27. The van der Waals surface area contributed by atoms with Gasteiger partial charge < -0.3 is 20.1 Å². The van der Waals surface area contributed by atoms with E-state index in [-0.39, 0.29) is 36.5 Å². The van der Waals surface area contributed by atoms with E-state index in [1.54, 1.807) is 18.2 Å². The van der Waals surface area contributed by atoms with Crippen LogP contribution < -0.4 is 15.4 Å². The van der Waals surface area contributed by atoms with Gasteiger partial charge in [-0.05, 0) is 43.0 Å². The van der Waals surface area contributed by atoms with Crippen LogP contribution in [0.15, 0.2) is 48.5 Å². The lowest BCUT2D eigenvalue weighted by molar-refractivity contribution is -0.125. The Morgan fingerprint density at radius 1 is 1.17 bits per heavy atom. The molecule has 2 aliphatic rings. The number of rotatable bonds is 7. The lowest BCUT2D eigenvalue weighted by atomic mass is 9.92. The van der Waals surface area contributed by atoms with Crippen LogP contribution in [0.3, 0.4) is 0 Å². The fraction of sp³-hybridized carbons (Fsp3) is 0.435. The topological polar surface area (TPSA) is 59.6 Å². The van der Waals surface area contributed by atoms with Crippen LogP contribution in [0.4, 0.5) is 4.39 Å². The minimum atomic E-state index is -0.259. The van der Waals surface area contributed by atoms with Crippen LogP contribution in [0.25, 0.3) is 0 Å². The van der Waals surface area contributed by atoms with Crippen molar-refractivity contribution in [3.8, 4) is 5.75 Å². The Bertz CT molecular complexity index is 838. The number of amides is 1. The first-order chi connectivity index (χ1) is 14.2. The van der Waals surface area contributed by atoms with Gasteiger partial charge in [0.05, 0.1) is 12.1 Å². The molecule has 5 nitrogen and oxygen atoms in total. The summed E-state index contributed by atoms with van der Waals surface area (Å²) in [6, 6.07) is 14.6. The lowest BCUT2D eigenvalue weighted by Gasteiger charge is -2.36. The maximum atomic E-state index is 13.8. The highest BCUT2D eigenvalue weighted by Gasteiger charge is 2.36. The first kappa shape index (κ1) is 19.9. The zero-order valence-corrected chi connectivity index (χ0v) is 16.4. The largest absolute Gasteiger partial charge is 0.489 e. The van der Waals surface area contributed by atoms with E-state index in [1.165, 1.54) is 6.07 Å². The second-order valence-corrected chi connectivity index (χ2v) is 7.70. The smallest absolute Gasteiger partial charge is 0.220 e. The third kappa shape index (κ3) is 5.14. The third-order valence-electron chi connectivity index (χ3n) is 5.63. The van der Waals surface area contributed by atoms with Gasteiger partial charge in [-0.2, -0.15) is 0 Å². The number of piperidine rings is 1. The Morgan fingerprint density at radius 3 is 2.90 bits per heavy atom. The summed E-state index contributed by atoms with van der Waals surface area (Å²) in [6.07, 6.45) is 3.47. The molecule has 29 heavy (non-hydrogen) atoms. The maximum Gasteiger partial charge on any atom is 0.220 e. The molecule has 1 amide bonds. The molecule has 3 unspecified atom stereocenters. The van der Waals surface area contributed by atoms with E-state index in [0.717, 1.165) is 31.4 Å². The molecule has 2 heterocycles. The molecule has 4 rings (SSSR count). The van der Waals surface area contributed by atoms with Crippen LogP contribution in [0.1, 0.15) is 36.8 Å². The summed E-state index contributed by atoms with van der Waals surface area (Å²) in [6.45, 7) is 1.63. The number of hydrogen-bond donors (Lipinski definition) is 2. The molecule has 2 fully saturated rings. The molecular formula is C23H27FN2O3.